The van der Waals surface area contributed by atoms with E-state index in [1.54, 1.807) is 9.58 Å². The Morgan fingerprint density at radius 1 is 1.42 bits per heavy atom. The molecule has 0 N–H and O–H groups in total. The molecule has 0 saturated carbocycles. The van der Waals surface area contributed by atoms with E-state index in [1.807, 2.05) is 24.3 Å². The van der Waals surface area contributed by atoms with Crippen LogP contribution in [0.4, 0.5) is 0 Å². The lowest BCUT2D eigenvalue weighted by molar-refractivity contribution is -0.119. The van der Waals surface area contributed by atoms with Gasteiger partial charge in [-0.15, -0.1) is 5.10 Å². The van der Waals surface area contributed by atoms with Crippen LogP contribution in [0.3, 0.4) is 0 Å². The first-order chi connectivity index (χ1) is 9.24. The fraction of sp³-hybridized carbons (Fsp3) is 0.500. The van der Waals surface area contributed by atoms with Crippen LogP contribution in [0.25, 0.3) is 11.0 Å². The highest BCUT2D eigenvalue weighted by molar-refractivity contribution is 5.73. The molecule has 0 bridgehead atoms. The van der Waals surface area contributed by atoms with Gasteiger partial charge in [0.05, 0.1) is 5.52 Å². The van der Waals surface area contributed by atoms with Gasteiger partial charge >= 0.3 is 0 Å². The number of amides is 1. The van der Waals surface area contributed by atoms with Gasteiger partial charge in [-0.1, -0.05) is 37.6 Å². The average Bonchev–Trinajstić information content (AvgIpc) is 2.86. The molecule has 0 saturated heterocycles. The Labute approximate surface area is 113 Å². The van der Waals surface area contributed by atoms with Crippen molar-refractivity contribution in [2.45, 2.75) is 33.4 Å². The van der Waals surface area contributed by atoms with Gasteiger partial charge in [-0.2, -0.15) is 0 Å². The van der Waals surface area contributed by atoms with Gasteiger partial charge in [-0.3, -0.25) is 4.79 Å². The second kappa shape index (κ2) is 6.31. The number of hydrogen-bond donors (Lipinski definition) is 0. The normalized spacial score (nSPS) is 12.5. The Morgan fingerprint density at radius 3 is 2.95 bits per heavy atom. The SMILES string of the molecule is CCC(C)CCN(C=O)Cn1nnc2ccccc21. The highest BCUT2D eigenvalue weighted by Gasteiger charge is 2.09. The van der Waals surface area contributed by atoms with E-state index in [0.29, 0.717) is 12.6 Å². The highest BCUT2D eigenvalue weighted by atomic mass is 16.1. The van der Waals surface area contributed by atoms with Gasteiger partial charge in [0.1, 0.15) is 12.2 Å². The molecular weight excluding hydrogens is 240 g/mol. The summed E-state index contributed by atoms with van der Waals surface area (Å²) in [5.41, 5.74) is 1.81. The summed E-state index contributed by atoms with van der Waals surface area (Å²) in [5.74, 6) is 0.634. The van der Waals surface area contributed by atoms with Gasteiger partial charge in [-0.05, 0) is 24.5 Å². The lowest BCUT2D eigenvalue weighted by Crippen LogP contribution is -2.27. The molecule has 1 atom stereocenters. The quantitative estimate of drug-likeness (QED) is 0.718. The lowest BCUT2D eigenvalue weighted by atomic mass is 10.1. The maximum absolute atomic E-state index is 11.1. The number of para-hydroxylation sites is 1. The number of rotatable bonds is 7. The van der Waals surface area contributed by atoms with Crippen molar-refractivity contribution in [3.05, 3.63) is 24.3 Å². The molecule has 0 aliphatic heterocycles. The first kappa shape index (κ1) is 13.5. The van der Waals surface area contributed by atoms with Crippen LogP contribution in [0.2, 0.25) is 0 Å². The number of benzene rings is 1. The van der Waals surface area contributed by atoms with Crippen LogP contribution >= 0.6 is 0 Å². The van der Waals surface area contributed by atoms with Gasteiger partial charge in [0.2, 0.25) is 6.41 Å². The number of nitrogens with zero attached hydrogens (tertiary/aromatic N) is 4. The Kier molecular flexibility index (Phi) is 4.49. The van der Waals surface area contributed by atoms with Crippen molar-refractivity contribution in [2.75, 3.05) is 6.54 Å². The molecular formula is C14H20N4O. The molecule has 5 heteroatoms. The number of aromatic nitrogens is 3. The molecule has 2 aromatic rings. The third-order valence-corrected chi connectivity index (χ3v) is 3.49. The summed E-state index contributed by atoms with van der Waals surface area (Å²) in [5, 5.41) is 8.18. The Bertz CT molecular complexity index is 537. The van der Waals surface area contributed by atoms with Crippen molar-refractivity contribution < 1.29 is 4.79 Å². The van der Waals surface area contributed by atoms with E-state index in [2.05, 4.69) is 24.2 Å². The van der Waals surface area contributed by atoms with Crippen LogP contribution in [0, 0.1) is 5.92 Å². The number of fused-ring (bicyclic) bond motifs is 1. The van der Waals surface area contributed by atoms with Crippen LogP contribution < -0.4 is 0 Å². The van der Waals surface area contributed by atoms with Gasteiger partial charge in [-0.25, -0.2) is 4.68 Å². The molecule has 0 aliphatic carbocycles. The van der Waals surface area contributed by atoms with E-state index in [4.69, 9.17) is 0 Å². The summed E-state index contributed by atoms with van der Waals surface area (Å²) >= 11 is 0. The molecule has 0 fully saturated rings. The topological polar surface area (TPSA) is 51.0 Å². The monoisotopic (exact) mass is 260 g/mol. The Morgan fingerprint density at radius 2 is 2.21 bits per heavy atom. The predicted octanol–water partition coefficient (Wildman–Crippen LogP) is 2.28. The van der Waals surface area contributed by atoms with E-state index >= 15 is 0 Å². The summed E-state index contributed by atoms with van der Waals surface area (Å²) in [6, 6.07) is 7.77. The maximum atomic E-state index is 11.1. The highest BCUT2D eigenvalue weighted by Crippen LogP contribution is 2.11. The van der Waals surface area contributed by atoms with Gasteiger partial charge in [0.25, 0.3) is 0 Å². The predicted molar refractivity (Wildman–Crippen MR) is 74.4 cm³/mol. The van der Waals surface area contributed by atoms with E-state index < -0.39 is 0 Å². The van der Waals surface area contributed by atoms with Crippen molar-refractivity contribution in [3.63, 3.8) is 0 Å². The fourth-order valence-electron chi connectivity index (χ4n) is 1.94. The number of carbonyl (C=O) groups excluding carboxylic acids is 1. The summed E-state index contributed by atoms with van der Waals surface area (Å²) in [7, 11) is 0. The molecule has 1 unspecified atom stereocenters. The van der Waals surface area contributed by atoms with Crippen LogP contribution in [-0.2, 0) is 11.5 Å². The molecule has 5 nitrogen and oxygen atoms in total. The first-order valence-corrected chi connectivity index (χ1v) is 6.72. The molecule has 0 radical (unpaired) electrons. The second-order valence-electron chi connectivity index (χ2n) is 4.94. The van der Waals surface area contributed by atoms with Gasteiger partial charge in [0.15, 0.2) is 0 Å². The minimum atomic E-state index is 0.459. The molecule has 0 aliphatic rings. The smallest absolute Gasteiger partial charge is 0.211 e. The Balaban J connectivity index is 2.03. The minimum Gasteiger partial charge on any atom is -0.326 e. The molecule has 19 heavy (non-hydrogen) atoms. The summed E-state index contributed by atoms with van der Waals surface area (Å²) in [6.07, 6.45) is 3.04. The number of carbonyl (C=O) groups is 1. The lowest BCUT2D eigenvalue weighted by Gasteiger charge is -2.19. The van der Waals surface area contributed by atoms with Crippen molar-refractivity contribution in [3.8, 4) is 0 Å². The zero-order valence-corrected chi connectivity index (χ0v) is 11.5. The van der Waals surface area contributed by atoms with Crippen molar-refractivity contribution in [1.29, 1.82) is 0 Å². The largest absolute Gasteiger partial charge is 0.326 e. The zero-order valence-electron chi connectivity index (χ0n) is 11.5. The second-order valence-corrected chi connectivity index (χ2v) is 4.94. The standard InChI is InChI=1S/C14H20N4O/c1-3-12(2)8-9-17(11-19)10-18-14-7-5-4-6-13(14)15-16-18/h4-7,11-12H,3,8-10H2,1-2H3. The molecule has 2 rings (SSSR count). The van der Waals surface area contributed by atoms with E-state index in [1.165, 1.54) is 0 Å². The van der Waals surface area contributed by atoms with Crippen molar-refractivity contribution in [1.82, 2.24) is 19.9 Å². The van der Waals surface area contributed by atoms with Crippen LogP contribution in [0.1, 0.15) is 26.7 Å². The molecule has 1 amide bonds. The summed E-state index contributed by atoms with van der Waals surface area (Å²) in [6.45, 7) is 5.59. The van der Waals surface area contributed by atoms with E-state index in [0.717, 1.165) is 36.8 Å². The van der Waals surface area contributed by atoms with Crippen LogP contribution in [0.5, 0.6) is 0 Å². The third-order valence-electron chi connectivity index (χ3n) is 3.49. The number of hydrogen-bond acceptors (Lipinski definition) is 3. The Hall–Kier alpha value is -1.91. The summed E-state index contributed by atoms with van der Waals surface area (Å²) < 4.78 is 1.76. The van der Waals surface area contributed by atoms with Gasteiger partial charge in [0, 0.05) is 6.54 Å². The van der Waals surface area contributed by atoms with Crippen LogP contribution in [0.15, 0.2) is 24.3 Å². The molecule has 1 heterocycles. The molecule has 0 spiro atoms. The first-order valence-electron chi connectivity index (χ1n) is 6.72. The van der Waals surface area contributed by atoms with E-state index in [-0.39, 0.29) is 0 Å². The zero-order chi connectivity index (χ0) is 13.7. The van der Waals surface area contributed by atoms with Crippen molar-refractivity contribution >= 4 is 17.4 Å². The minimum absolute atomic E-state index is 0.459. The molecule has 102 valence electrons. The third kappa shape index (κ3) is 3.30. The maximum Gasteiger partial charge on any atom is 0.211 e. The van der Waals surface area contributed by atoms with Gasteiger partial charge < -0.3 is 4.90 Å². The molecule has 1 aromatic carbocycles. The van der Waals surface area contributed by atoms with E-state index in [9.17, 15) is 4.79 Å². The fourth-order valence-corrected chi connectivity index (χ4v) is 1.94. The summed E-state index contributed by atoms with van der Waals surface area (Å²) in [4.78, 5) is 12.9. The average molecular weight is 260 g/mol. The van der Waals surface area contributed by atoms with Crippen molar-refractivity contribution in [2.24, 2.45) is 5.92 Å². The molecule has 1 aromatic heterocycles. The van der Waals surface area contributed by atoms with Crippen LogP contribution in [-0.4, -0.2) is 32.8 Å².